The average Bonchev–Trinajstić information content (AvgIpc) is 3.15. The van der Waals surface area contributed by atoms with E-state index in [-0.39, 0.29) is 24.7 Å². The molecule has 0 unspecified atom stereocenters. The lowest BCUT2D eigenvalue weighted by Crippen LogP contribution is -2.29. The van der Waals surface area contributed by atoms with Crippen molar-refractivity contribution in [1.29, 1.82) is 0 Å². The van der Waals surface area contributed by atoms with Crippen LogP contribution in [0.1, 0.15) is 22.5 Å². The standard InChI is InChI=1S/C19H16FN3O2S/c20-15-3-1-13(2-4-15)17(24)11-22-18(25)6-5-16-12-26-19(23-16)14-7-9-21-10-8-14/h1-4,7-10,12H,5-6,11H2,(H,22,25). The zero-order valence-corrected chi connectivity index (χ0v) is 14.6. The lowest BCUT2D eigenvalue weighted by atomic mass is 10.1. The fraction of sp³-hybridized carbons (Fsp3) is 0.158. The lowest BCUT2D eigenvalue weighted by Gasteiger charge is -2.04. The Kier molecular flexibility index (Phi) is 5.80. The van der Waals surface area contributed by atoms with Crippen LogP contribution in [0.15, 0.2) is 54.2 Å². The largest absolute Gasteiger partial charge is 0.349 e. The van der Waals surface area contributed by atoms with Crippen LogP contribution in [0.3, 0.4) is 0 Å². The predicted octanol–water partition coefficient (Wildman–Crippen LogP) is 3.28. The van der Waals surface area contributed by atoms with Crippen LogP contribution in [0.4, 0.5) is 4.39 Å². The number of halogens is 1. The number of hydrogen-bond donors (Lipinski definition) is 1. The summed E-state index contributed by atoms with van der Waals surface area (Å²) < 4.78 is 12.8. The van der Waals surface area contributed by atoms with Crippen molar-refractivity contribution in [2.45, 2.75) is 12.8 Å². The van der Waals surface area contributed by atoms with E-state index in [4.69, 9.17) is 0 Å². The molecule has 1 aromatic carbocycles. The van der Waals surface area contributed by atoms with Gasteiger partial charge in [-0.05, 0) is 42.8 Å². The van der Waals surface area contributed by atoms with Gasteiger partial charge in [-0.3, -0.25) is 14.6 Å². The molecule has 5 nitrogen and oxygen atoms in total. The van der Waals surface area contributed by atoms with Gasteiger partial charge in [0.25, 0.3) is 0 Å². The summed E-state index contributed by atoms with van der Waals surface area (Å²) in [5.41, 5.74) is 2.20. The van der Waals surface area contributed by atoms with Crippen molar-refractivity contribution in [3.8, 4) is 10.6 Å². The normalized spacial score (nSPS) is 10.5. The number of hydrogen-bond acceptors (Lipinski definition) is 5. The van der Waals surface area contributed by atoms with Crippen LogP contribution in [-0.4, -0.2) is 28.2 Å². The fourth-order valence-electron chi connectivity index (χ4n) is 2.30. The first kappa shape index (κ1) is 17.9. The van der Waals surface area contributed by atoms with Crippen molar-refractivity contribution in [2.75, 3.05) is 6.54 Å². The molecule has 0 aliphatic heterocycles. The Hall–Kier alpha value is -2.93. The van der Waals surface area contributed by atoms with E-state index in [2.05, 4.69) is 15.3 Å². The van der Waals surface area contributed by atoms with Gasteiger partial charge < -0.3 is 5.32 Å². The molecule has 0 aliphatic rings. The summed E-state index contributed by atoms with van der Waals surface area (Å²) >= 11 is 1.52. The third kappa shape index (κ3) is 4.80. The van der Waals surface area contributed by atoms with Gasteiger partial charge in [-0.15, -0.1) is 11.3 Å². The number of carbonyl (C=O) groups is 2. The van der Waals surface area contributed by atoms with E-state index in [1.54, 1.807) is 12.4 Å². The van der Waals surface area contributed by atoms with Gasteiger partial charge in [-0.1, -0.05) is 0 Å². The highest BCUT2D eigenvalue weighted by molar-refractivity contribution is 7.13. The van der Waals surface area contributed by atoms with E-state index in [0.29, 0.717) is 12.0 Å². The van der Waals surface area contributed by atoms with Crippen molar-refractivity contribution in [1.82, 2.24) is 15.3 Å². The van der Waals surface area contributed by atoms with Crippen molar-refractivity contribution >= 4 is 23.0 Å². The Bertz CT molecular complexity index is 895. The van der Waals surface area contributed by atoms with Crippen LogP contribution in [0.25, 0.3) is 10.6 Å². The van der Waals surface area contributed by atoms with E-state index in [1.807, 2.05) is 17.5 Å². The Morgan fingerprint density at radius 2 is 1.81 bits per heavy atom. The van der Waals surface area contributed by atoms with Crippen LogP contribution in [0, 0.1) is 5.82 Å². The predicted molar refractivity (Wildman–Crippen MR) is 97.4 cm³/mol. The van der Waals surface area contributed by atoms with E-state index < -0.39 is 5.82 Å². The number of nitrogens with zero attached hydrogens (tertiary/aromatic N) is 2. The molecule has 7 heteroatoms. The molecule has 0 aliphatic carbocycles. The molecule has 0 bridgehead atoms. The molecule has 0 radical (unpaired) electrons. The lowest BCUT2D eigenvalue weighted by molar-refractivity contribution is -0.120. The number of rotatable bonds is 7. The molecule has 2 aromatic heterocycles. The van der Waals surface area contributed by atoms with Crippen LogP contribution < -0.4 is 5.32 Å². The Morgan fingerprint density at radius 1 is 1.08 bits per heavy atom. The number of Topliss-reactive ketones (excluding diaryl/α,β-unsaturated/α-hetero) is 1. The number of thiazole rings is 1. The first-order valence-corrected chi connectivity index (χ1v) is 8.90. The van der Waals surface area contributed by atoms with Crippen molar-refractivity contribution in [2.24, 2.45) is 0 Å². The van der Waals surface area contributed by atoms with Gasteiger partial charge >= 0.3 is 0 Å². The third-order valence-corrected chi connectivity index (χ3v) is 4.64. The van der Waals surface area contributed by atoms with Gasteiger partial charge in [0.2, 0.25) is 5.91 Å². The Labute approximate surface area is 153 Å². The molecule has 0 saturated carbocycles. The molecular formula is C19H16FN3O2S. The van der Waals surface area contributed by atoms with Crippen molar-refractivity contribution in [3.63, 3.8) is 0 Å². The van der Waals surface area contributed by atoms with E-state index in [9.17, 15) is 14.0 Å². The summed E-state index contributed by atoms with van der Waals surface area (Å²) in [5, 5.41) is 5.40. The van der Waals surface area contributed by atoms with Crippen LogP contribution in [0.2, 0.25) is 0 Å². The monoisotopic (exact) mass is 369 g/mol. The maximum atomic E-state index is 12.8. The summed E-state index contributed by atoms with van der Waals surface area (Å²) in [6.07, 6.45) is 4.17. The fourth-order valence-corrected chi connectivity index (χ4v) is 3.16. The van der Waals surface area contributed by atoms with E-state index in [1.165, 1.54) is 35.6 Å². The summed E-state index contributed by atoms with van der Waals surface area (Å²) in [4.78, 5) is 32.4. The number of nitrogens with one attached hydrogen (secondary N) is 1. The number of aryl methyl sites for hydroxylation is 1. The minimum absolute atomic E-state index is 0.107. The van der Waals surface area contributed by atoms with Gasteiger partial charge in [0.05, 0.1) is 12.2 Å². The molecule has 132 valence electrons. The number of benzene rings is 1. The number of pyridine rings is 1. The average molecular weight is 369 g/mol. The van der Waals surface area contributed by atoms with Gasteiger partial charge in [0.15, 0.2) is 5.78 Å². The highest BCUT2D eigenvalue weighted by Gasteiger charge is 2.10. The summed E-state index contributed by atoms with van der Waals surface area (Å²) in [5.74, 6) is -0.883. The quantitative estimate of drug-likeness (QED) is 0.649. The second kappa shape index (κ2) is 8.44. The molecule has 3 rings (SSSR count). The second-order valence-corrected chi connectivity index (χ2v) is 6.44. The number of amides is 1. The molecule has 0 spiro atoms. The minimum atomic E-state index is -0.403. The minimum Gasteiger partial charge on any atom is -0.349 e. The molecular weight excluding hydrogens is 353 g/mol. The molecule has 3 aromatic rings. The SMILES string of the molecule is O=C(CCc1csc(-c2ccncc2)n1)NCC(=O)c1ccc(F)cc1. The number of ketones is 1. The van der Waals surface area contributed by atoms with Gasteiger partial charge in [0.1, 0.15) is 10.8 Å². The topological polar surface area (TPSA) is 72.0 Å². The zero-order chi connectivity index (χ0) is 18.4. The Morgan fingerprint density at radius 3 is 2.54 bits per heavy atom. The third-order valence-electron chi connectivity index (χ3n) is 3.70. The maximum Gasteiger partial charge on any atom is 0.220 e. The van der Waals surface area contributed by atoms with Crippen LogP contribution in [-0.2, 0) is 11.2 Å². The molecule has 0 fully saturated rings. The number of carbonyl (C=O) groups excluding carboxylic acids is 2. The van der Waals surface area contributed by atoms with E-state index in [0.717, 1.165) is 16.3 Å². The second-order valence-electron chi connectivity index (χ2n) is 5.59. The molecule has 1 N–H and O–H groups in total. The van der Waals surface area contributed by atoms with Crippen LogP contribution >= 0.6 is 11.3 Å². The number of aromatic nitrogens is 2. The molecule has 0 atom stereocenters. The molecule has 1 amide bonds. The van der Waals surface area contributed by atoms with Crippen molar-refractivity contribution in [3.05, 3.63) is 71.2 Å². The molecule has 0 saturated heterocycles. The van der Waals surface area contributed by atoms with Crippen molar-refractivity contribution < 1.29 is 14.0 Å². The highest BCUT2D eigenvalue weighted by Crippen LogP contribution is 2.23. The van der Waals surface area contributed by atoms with E-state index >= 15 is 0 Å². The highest BCUT2D eigenvalue weighted by atomic mass is 32.1. The first-order valence-electron chi connectivity index (χ1n) is 8.02. The van der Waals surface area contributed by atoms with Gasteiger partial charge in [-0.2, -0.15) is 0 Å². The first-order chi connectivity index (χ1) is 12.6. The van der Waals surface area contributed by atoms with Gasteiger partial charge in [-0.25, -0.2) is 9.37 Å². The summed E-state index contributed by atoms with van der Waals surface area (Å²) in [6, 6.07) is 9.02. The van der Waals surface area contributed by atoms with Crippen LogP contribution in [0.5, 0.6) is 0 Å². The van der Waals surface area contributed by atoms with Gasteiger partial charge in [0, 0.05) is 35.3 Å². The smallest absolute Gasteiger partial charge is 0.220 e. The maximum absolute atomic E-state index is 12.8. The molecule has 26 heavy (non-hydrogen) atoms. The summed E-state index contributed by atoms with van der Waals surface area (Å²) in [6.45, 7) is -0.107. The zero-order valence-electron chi connectivity index (χ0n) is 13.8. The Balaban J connectivity index is 1.46. The summed E-state index contributed by atoms with van der Waals surface area (Å²) in [7, 11) is 0. The molecule has 2 heterocycles.